The van der Waals surface area contributed by atoms with Gasteiger partial charge in [-0.3, -0.25) is 0 Å². The van der Waals surface area contributed by atoms with E-state index in [0.717, 1.165) is 17.7 Å². The lowest BCUT2D eigenvalue weighted by Crippen LogP contribution is -2.04. The second-order valence-electron chi connectivity index (χ2n) is 4.49. The van der Waals surface area contributed by atoms with Gasteiger partial charge in [0.05, 0.1) is 33.2 Å². The quantitative estimate of drug-likeness (QED) is 0.876. The SMILES string of the molecule is COc1ccc(C(C)Cc2cn[nH]n2)c(OC)c1OC. The van der Waals surface area contributed by atoms with Crippen LogP contribution in [0.4, 0.5) is 0 Å². The van der Waals surface area contributed by atoms with Crippen molar-refractivity contribution in [3.8, 4) is 17.2 Å². The summed E-state index contributed by atoms with van der Waals surface area (Å²) >= 11 is 0. The van der Waals surface area contributed by atoms with E-state index >= 15 is 0 Å². The number of benzene rings is 1. The predicted octanol–water partition coefficient (Wildman–Crippen LogP) is 2.18. The van der Waals surface area contributed by atoms with E-state index in [-0.39, 0.29) is 5.92 Å². The Morgan fingerprint density at radius 1 is 1.10 bits per heavy atom. The van der Waals surface area contributed by atoms with Gasteiger partial charge in [-0.2, -0.15) is 15.4 Å². The molecule has 0 bridgehead atoms. The monoisotopic (exact) mass is 277 g/mol. The molecule has 1 unspecified atom stereocenters. The molecule has 1 aromatic carbocycles. The van der Waals surface area contributed by atoms with E-state index in [2.05, 4.69) is 22.3 Å². The molecular weight excluding hydrogens is 258 g/mol. The Morgan fingerprint density at radius 2 is 1.85 bits per heavy atom. The molecule has 0 saturated heterocycles. The predicted molar refractivity (Wildman–Crippen MR) is 74.6 cm³/mol. The van der Waals surface area contributed by atoms with Crippen molar-refractivity contribution in [2.75, 3.05) is 21.3 Å². The van der Waals surface area contributed by atoms with Gasteiger partial charge >= 0.3 is 0 Å². The molecule has 0 aliphatic rings. The summed E-state index contributed by atoms with van der Waals surface area (Å²) in [5, 5.41) is 10.5. The number of aromatic nitrogens is 3. The first-order chi connectivity index (χ1) is 9.71. The number of nitrogens with one attached hydrogen (secondary N) is 1. The van der Waals surface area contributed by atoms with Crippen LogP contribution in [-0.4, -0.2) is 36.7 Å². The number of methoxy groups -OCH3 is 3. The molecule has 0 spiro atoms. The molecule has 1 atom stereocenters. The summed E-state index contributed by atoms with van der Waals surface area (Å²) in [6, 6.07) is 3.88. The van der Waals surface area contributed by atoms with Crippen LogP contribution in [0, 0.1) is 0 Å². The van der Waals surface area contributed by atoms with E-state index < -0.39 is 0 Å². The van der Waals surface area contributed by atoms with Crippen LogP contribution >= 0.6 is 0 Å². The van der Waals surface area contributed by atoms with Gasteiger partial charge in [-0.1, -0.05) is 13.0 Å². The van der Waals surface area contributed by atoms with Crippen molar-refractivity contribution in [2.24, 2.45) is 0 Å². The number of hydrogen-bond donors (Lipinski definition) is 1. The minimum atomic E-state index is 0.217. The van der Waals surface area contributed by atoms with Crippen LogP contribution in [-0.2, 0) is 6.42 Å². The molecule has 0 amide bonds. The first-order valence-electron chi connectivity index (χ1n) is 6.34. The molecular formula is C14H19N3O3. The lowest BCUT2D eigenvalue weighted by Gasteiger charge is -2.19. The summed E-state index contributed by atoms with van der Waals surface area (Å²) in [5.41, 5.74) is 1.96. The van der Waals surface area contributed by atoms with Gasteiger partial charge in [-0.25, -0.2) is 0 Å². The number of rotatable bonds is 6. The highest BCUT2D eigenvalue weighted by Crippen LogP contribution is 2.42. The summed E-state index contributed by atoms with van der Waals surface area (Å²) in [6.45, 7) is 2.11. The molecule has 20 heavy (non-hydrogen) atoms. The Hall–Kier alpha value is -2.24. The highest BCUT2D eigenvalue weighted by atomic mass is 16.5. The number of ether oxygens (including phenoxy) is 3. The third-order valence-corrected chi connectivity index (χ3v) is 3.25. The first-order valence-corrected chi connectivity index (χ1v) is 6.34. The zero-order valence-electron chi connectivity index (χ0n) is 12.1. The summed E-state index contributed by atoms with van der Waals surface area (Å²) in [6.07, 6.45) is 2.49. The molecule has 1 aromatic heterocycles. The molecule has 0 saturated carbocycles. The van der Waals surface area contributed by atoms with Crippen molar-refractivity contribution in [3.05, 3.63) is 29.6 Å². The lowest BCUT2D eigenvalue weighted by molar-refractivity contribution is 0.321. The van der Waals surface area contributed by atoms with Crippen LogP contribution in [0.25, 0.3) is 0 Å². The van der Waals surface area contributed by atoms with Crippen molar-refractivity contribution in [1.29, 1.82) is 0 Å². The Kier molecular flexibility index (Phi) is 4.45. The van der Waals surface area contributed by atoms with Gasteiger partial charge in [0, 0.05) is 5.56 Å². The molecule has 6 nitrogen and oxygen atoms in total. The van der Waals surface area contributed by atoms with Crippen LogP contribution in [0.2, 0.25) is 0 Å². The summed E-state index contributed by atoms with van der Waals surface area (Å²) in [7, 11) is 4.84. The van der Waals surface area contributed by atoms with Gasteiger partial charge in [0.25, 0.3) is 0 Å². The molecule has 6 heteroatoms. The molecule has 2 rings (SSSR count). The highest BCUT2D eigenvalue weighted by molar-refractivity contribution is 5.56. The normalized spacial score (nSPS) is 12.0. The van der Waals surface area contributed by atoms with Crippen LogP contribution < -0.4 is 14.2 Å². The zero-order chi connectivity index (χ0) is 14.5. The molecule has 1 heterocycles. The molecule has 0 aliphatic heterocycles. The maximum Gasteiger partial charge on any atom is 0.203 e. The average Bonchev–Trinajstić information content (AvgIpc) is 2.98. The first kappa shape index (κ1) is 14.2. The molecule has 108 valence electrons. The van der Waals surface area contributed by atoms with E-state index in [9.17, 15) is 0 Å². The third kappa shape index (κ3) is 2.68. The van der Waals surface area contributed by atoms with Crippen LogP contribution in [0.15, 0.2) is 18.3 Å². The van der Waals surface area contributed by atoms with Crippen molar-refractivity contribution in [1.82, 2.24) is 15.4 Å². The summed E-state index contributed by atoms with van der Waals surface area (Å²) in [5.74, 6) is 2.18. The Bertz CT molecular complexity index is 555. The Balaban J connectivity index is 2.35. The van der Waals surface area contributed by atoms with E-state index in [4.69, 9.17) is 14.2 Å². The van der Waals surface area contributed by atoms with Gasteiger partial charge in [0.1, 0.15) is 0 Å². The minimum absolute atomic E-state index is 0.217. The maximum atomic E-state index is 5.50. The van der Waals surface area contributed by atoms with Crippen molar-refractivity contribution < 1.29 is 14.2 Å². The minimum Gasteiger partial charge on any atom is -0.493 e. The van der Waals surface area contributed by atoms with Gasteiger partial charge in [0.15, 0.2) is 11.5 Å². The van der Waals surface area contributed by atoms with Crippen LogP contribution in [0.5, 0.6) is 17.2 Å². The Morgan fingerprint density at radius 3 is 2.40 bits per heavy atom. The number of nitrogens with zero attached hydrogens (tertiary/aromatic N) is 2. The van der Waals surface area contributed by atoms with E-state index in [0.29, 0.717) is 17.2 Å². The van der Waals surface area contributed by atoms with Gasteiger partial charge in [-0.05, 0) is 18.4 Å². The molecule has 1 N–H and O–H groups in total. The van der Waals surface area contributed by atoms with Gasteiger partial charge in [-0.15, -0.1) is 0 Å². The molecule has 2 aromatic rings. The average molecular weight is 277 g/mol. The van der Waals surface area contributed by atoms with E-state index in [1.54, 1.807) is 27.5 Å². The van der Waals surface area contributed by atoms with Crippen molar-refractivity contribution >= 4 is 0 Å². The maximum absolute atomic E-state index is 5.50. The van der Waals surface area contributed by atoms with Crippen molar-refractivity contribution in [3.63, 3.8) is 0 Å². The molecule has 0 radical (unpaired) electrons. The third-order valence-electron chi connectivity index (χ3n) is 3.25. The largest absolute Gasteiger partial charge is 0.493 e. The second kappa shape index (κ2) is 6.27. The van der Waals surface area contributed by atoms with Crippen LogP contribution in [0.1, 0.15) is 24.1 Å². The Labute approximate surface area is 118 Å². The fraction of sp³-hybridized carbons (Fsp3) is 0.429. The van der Waals surface area contributed by atoms with E-state index in [1.807, 2.05) is 12.1 Å². The number of hydrogen-bond acceptors (Lipinski definition) is 5. The van der Waals surface area contributed by atoms with Crippen LogP contribution in [0.3, 0.4) is 0 Å². The zero-order valence-corrected chi connectivity index (χ0v) is 12.1. The highest BCUT2D eigenvalue weighted by Gasteiger charge is 2.20. The number of H-pyrrole nitrogens is 1. The summed E-state index contributed by atoms with van der Waals surface area (Å²) in [4.78, 5) is 0. The van der Waals surface area contributed by atoms with E-state index in [1.165, 1.54) is 0 Å². The van der Waals surface area contributed by atoms with Crippen molar-refractivity contribution in [2.45, 2.75) is 19.3 Å². The lowest BCUT2D eigenvalue weighted by atomic mass is 9.95. The molecule has 0 aliphatic carbocycles. The molecule has 0 fully saturated rings. The van der Waals surface area contributed by atoms with Gasteiger partial charge < -0.3 is 14.2 Å². The summed E-state index contributed by atoms with van der Waals surface area (Å²) < 4.78 is 16.2. The fourth-order valence-corrected chi connectivity index (χ4v) is 2.26. The van der Waals surface area contributed by atoms with Gasteiger partial charge in [0.2, 0.25) is 5.75 Å². The fourth-order valence-electron chi connectivity index (χ4n) is 2.26. The second-order valence-corrected chi connectivity index (χ2v) is 4.49. The number of aromatic amines is 1. The smallest absolute Gasteiger partial charge is 0.203 e. The topological polar surface area (TPSA) is 69.3 Å². The standard InChI is InChI=1S/C14H19N3O3/c1-9(7-10-8-15-17-16-10)11-5-6-12(18-2)14(20-4)13(11)19-3/h5-6,8-9H,7H2,1-4H3,(H,15,16,17).